The van der Waals surface area contributed by atoms with Crippen molar-refractivity contribution < 1.29 is 4.74 Å². The van der Waals surface area contributed by atoms with Crippen molar-refractivity contribution >= 4 is 0 Å². The zero-order valence-electron chi connectivity index (χ0n) is 40.4. The number of nitrogens with zero attached hydrogens (tertiary/aromatic N) is 4. The van der Waals surface area contributed by atoms with Crippen molar-refractivity contribution in [2.24, 2.45) is 23.7 Å². The Morgan fingerprint density at radius 2 is 0.778 bits per heavy atom. The topological polar surface area (TPSA) is 60.8 Å². The number of rotatable bonds is 28. The second kappa shape index (κ2) is 27.8. The van der Waals surface area contributed by atoms with E-state index in [0.717, 1.165) is 58.6 Å². The van der Waals surface area contributed by atoms with E-state index < -0.39 is 0 Å². The zero-order valence-corrected chi connectivity index (χ0v) is 40.4. The molecule has 4 aromatic rings. The van der Waals surface area contributed by atoms with Crippen LogP contribution in [0, 0.1) is 23.7 Å². The molecular weight excluding hydrogens is 769 g/mol. The summed E-state index contributed by atoms with van der Waals surface area (Å²) in [5.41, 5.74) is 9.01. The van der Waals surface area contributed by atoms with Crippen molar-refractivity contribution in [1.82, 2.24) is 19.9 Å². The second-order valence-electron chi connectivity index (χ2n) is 19.9. The van der Waals surface area contributed by atoms with Crippen molar-refractivity contribution in [2.75, 3.05) is 0 Å². The highest BCUT2D eigenvalue weighted by molar-refractivity contribution is 5.59. The molecule has 2 aromatic heterocycles. The van der Waals surface area contributed by atoms with E-state index in [1.165, 1.54) is 178 Å². The number of benzene rings is 2. The van der Waals surface area contributed by atoms with E-state index in [0.29, 0.717) is 11.8 Å². The fraction of sp³-hybridized carbons (Fsp3) is 0.655. The van der Waals surface area contributed by atoms with Gasteiger partial charge in [0.15, 0.2) is 0 Å². The molecule has 5 nitrogen and oxygen atoms in total. The Hall–Kier alpha value is -3.44. The first kappa shape index (κ1) is 49.0. The number of unbranched alkanes of at least 4 members (excludes halogenated alkanes) is 12. The van der Waals surface area contributed by atoms with Gasteiger partial charge in [0.05, 0.1) is 47.4 Å². The SMILES string of the molecule is CCCCCCCC1CCC(C(OC(c2ccc(-c3cnc(CCCCC)cn3)cc2)C2CCC(CCCCCCC)CC2)c2ccc(-c3cnc(CCCCC)cn3)cc2)CC1. The van der Waals surface area contributed by atoms with Crippen molar-refractivity contribution in [1.29, 1.82) is 0 Å². The van der Waals surface area contributed by atoms with Gasteiger partial charge in [-0.2, -0.15) is 0 Å². The normalized spacial score (nSPS) is 20.1. The molecule has 2 aromatic carbocycles. The minimum atomic E-state index is 0.0589. The van der Waals surface area contributed by atoms with Crippen molar-refractivity contribution in [3.05, 3.63) is 95.8 Å². The highest BCUT2D eigenvalue weighted by Gasteiger charge is 2.36. The highest BCUT2D eigenvalue weighted by atomic mass is 16.5. The summed E-state index contributed by atoms with van der Waals surface area (Å²) in [4.78, 5) is 19.4. The predicted octanol–water partition coefficient (Wildman–Crippen LogP) is 17.2. The minimum absolute atomic E-state index is 0.0589. The number of aromatic nitrogens is 4. The van der Waals surface area contributed by atoms with E-state index in [9.17, 15) is 0 Å². The fourth-order valence-electron chi connectivity index (χ4n) is 10.8. The molecule has 2 fully saturated rings. The van der Waals surface area contributed by atoms with E-state index in [1.54, 1.807) is 0 Å². The third-order valence-electron chi connectivity index (χ3n) is 14.9. The van der Waals surface area contributed by atoms with Gasteiger partial charge in [0.2, 0.25) is 0 Å². The lowest BCUT2D eigenvalue weighted by atomic mass is 9.74. The van der Waals surface area contributed by atoms with Gasteiger partial charge in [-0.05, 0) is 86.2 Å². The maximum absolute atomic E-state index is 7.78. The van der Waals surface area contributed by atoms with Crippen LogP contribution >= 0.6 is 0 Å². The third kappa shape index (κ3) is 15.9. The fourth-order valence-corrected chi connectivity index (χ4v) is 10.8. The Morgan fingerprint density at radius 1 is 0.413 bits per heavy atom. The summed E-state index contributed by atoms with van der Waals surface area (Å²) in [6, 6.07) is 18.5. The van der Waals surface area contributed by atoms with Crippen LogP contribution in [0.15, 0.2) is 73.3 Å². The Bertz CT molecular complexity index is 1640. The lowest BCUT2D eigenvalue weighted by Gasteiger charge is -2.40. The quantitative estimate of drug-likeness (QED) is 0.0533. The molecule has 5 heteroatoms. The van der Waals surface area contributed by atoms with Crippen molar-refractivity contribution in [2.45, 2.75) is 220 Å². The van der Waals surface area contributed by atoms with Gasteiger partial charge in [0.25, 0.3) is 0 Å². The van der Waals surface area contributed by atoms with Crippen LogP contribution < -0.4 is 0 Å². The lowest BCUT2D eigenvalue weighted by Crippen LogP contribution is -2.28. The first-order chi connectivity index (χ1) is 31.1. The summed E-state index contributed by atoms with van der Waals surface area (Å²) in [5, 5.41) is 0. The smallest absolute Gasteiger partial charge is 0.0885 e. The Labute approximate surface area is 384 Å². The molecule has 2 saturated carbocycles. The van der Waals surface area contributed by atoms with Gasteiger partial charge in [0.1, 0.15) is 0 Å². The molecule has 2 aliphatic rings. The monoisotopic (exact) mass is 855 g/mol. The molecule has 0 saturated heterocycles. The van der Waals surface area contributed by atoms with Gasteiger partial charge in [-0.3, -0.25) is 19.9 Å². The van der Waals surface area contributed by atoms with Crippen molar-refractivity contribution in [3.63, 3.8) is 0 Å². The number of ether oxygens (including phenoxy) is 1. The molecule has 0 aliphatic heterocycles. The van der Waals surface area contributed by atoms with Crippen LogP contribution in [-0.4, -0.2) is 19.9 Å². The van der Waals surface area contributed by atoms with E-state index >= 15 is 0 Å². The van der Waals surface area contributed by atoms with E-state index in [4.69, 9.17) is 24.7 Å². The third-order valence-corrected chi connectivity index (χ3v) is 14.9. The molecular formula is C58H86N4O. The van der Waals surface area contributed by atoms with Gasteiger partial charge in [-0.1, -0.05) is 205 Å². The zero-order chi connectivity index (χ0) is 43.9. The van der Waals surface area contributed by atoms with Gasteiger partial charge in [-0.25, -0.2) is 0 Å². The first-order valence-corrected chi connectivity index (χ1v) is 26.6. The van der Waals surface area contributed by atoms with Crippen LogP contribution in [0.1, 0.15) is 229 Å². The van der Waals surface area contributed by atoms with Gasteiger partial charge in [-0.15, -0.1) is 0 Å². The van der Waals surface area contributed by atoms with Crippen LogP contribution in [-0.2, 0) is 17.6 Å². The molecule has 2 aliphatic carbocycles. The largest absolute Gasteiger partial charge is 0.365 e. The maximum atomic E-state index is 7.78. The van der Waals surface area contributed by atoms with Gasteiger partial charge >= 0.3 is 0 Å². The summed E-state index contributed by atoms with van der Waals surface area (Å²) in [6.07, 6.45) is 44.2. The summed E-state index contributed by atoms with van der Waals surface area (Å²) < 4.78 is 7.78. The molecule has 2 atom stereocenters. The van der Waals surface area contributed by atoms with Gasteiger partial charge < -0.3 is 4.74 Å². The average molecular weight is 855 g/mol. The van der Waals surface area contributed by atoms with Crippen LogP contribution in [0.2, 0.25) is 0 Å². The molecule has 0 bridgehead atoms. The second-order valence-corrected chi connectivity index (χ2v) is 19.9. The molecule has 2 heterocycles. The first-order valence-electron chi connectivity index (χ1n) is 26.6. The summed E-state index contributed by atoms with van der Waals surface area (Å²) >= 11 is 0. The summed E-state index contributed by atoms with van der Waals surface area (Å²) in [5.74, 6) is 2.76. The number of hydrogen-bond acceptors (Lipinski definition) is 5. The standard InChI is InChI=1S/C58H86N4O/c1-5-9-13-15-19-21-45-25-29-49(30-26-45)57(51-37-33-47(34-38-51)55-43-59-53(41-61-55)23-17-11-7-3)63-58(50-31-27-46(28-32-50)22-20-16-14-10-6-2)52-39-35-48(36-40-52)56-44-60-54(42-62-56)24-18-12-8-4/h33-46,49-50,57-58H,5-32H2,1-4H3. The molecule has 0 N–H and O–H groups in total. The van der Waals surface area contributed by atoms with Gasteiger partial charge in [0, 0.05) is 23.5 Å². The molecule has 0 amide bonds. The van der Waals surface area contributed by atoms with E-state index in [2.05, 4.69) is 76.2 Å². The number of aryl methyl sites for hydroxylation is 2. The molecule has 0 spiro atoms. The van der Waals surface area contributed by atoms with E-state index in [-0.39, 0.29) is 12.2 Å². The minimum Gasteiger partial charge on any atom is -0.365 e. The summed E-state index contributed by atoms with van der Waals surface area (Å²) in [7, 11) is 0. The number of hydrogen-bond donors (Lipinski definition) is 0. The Kier molecular flexibility index (Phi) is 21.6. The predicted molar refractivity (Wildman–Crippen MR) is 266 cm³/mol. The molecule has 0 radical (unpaired) electrons. The molecule has 6 rings (SSSR count). The molecule has 344 valence electrons. The van der Waals surface area contributed by atoms with E-state index in [1.807, 2.05) is 24.8 Å². The highest BCUT2D eigenvalue weighted by Crippen LogP contribution is 2.47. The Morgan fingerprint density at radius 3 is 1.13 bits per heavy atom. The lowest BCUT2D eigenvalue weighted by molar-refractivity contribution is -0.0907. The van der Waals surface area contributed by atoms with Crippen LogP contribution in [0.25, 0.3) is 22.5 Å². The average Bonchev–Trinajstić information content (AvgIpc) is 3.33. The van der Waals surface area contributed by atoms with Crippen molar-refractivity contribution in [3.8, 4) is 22.5 Å². The van der Waals surface area contributed by atoms with Crippen LogP contribution in [0.3, 0.4) is 0 Å². The Balaban J connectivity index is 1.22. The van der Waals surface area contributed by atoms with Crippen LogP contribution in [0.4, 0.5) is 0 Å². The molecule has 63 heavy (non-hydrogen) atoms. The van der Waals surface area contributed by atoms with Crippen LogP contribution in [0.5, 0.6) is 0 Å². The molecule has 2 unspecified atom stereocenters. The maximum Gasteiger partial charge on any atom is 0.0885 e. The summed E-state index contributed by atoms with van der Waals surface area (Å²) in [6.45, 7) is 9.14.